The average Bonchev–Trinajstić information content (AvgIpc) is 3.32. The van der Waals surface area contributed by atoms with E-state index in [0.717, 1.165) is 51.4 Å². The highest BCUT2D eigenvalue weighted by Crippen LogP contribution is 2.44. The lowest BCUT2D eigenvalue weighted by Gasteiger charge is -2.36. The van der Waals surface area contributed by atoms with Gasteiger partial charge in [0.05, 0.1) is 5.41 Å². The number of phenols is 1. The van der Waals surface area contributed by atoms with Crippen molar-refractivity contribution < 1.29 is 14.6 Å². The van der Waals surface area contributed by atoms with Crippen LogP contribution in [0.1, 0.15) is 128 Å². The molecule has 3 heteroatoms. The molecular formula is C33H48O3. The van der Waals surface area contributed by atoms with Crippen molar-refractivity contribution in [1.82, 2.24) is 0 Å². The standard InChI is InChI=1S/C33H48O3/c1-8-32(7,30(35)36-33(9-2)20-10-11-21-33)23-27(22-24(3)25-14-18-29(34)19-15-25)26-12-16-28(17-13-26)31(4,5)6/h12-19,24,27,34H,8-11,20-23H2,1-7H3. The van der Waals surface area contributed by atoms with Crippen molar-refractivity contribution in [3.63, 3.8) is 0 Å². The van der Waals surface area contributed by atoms with E-state index in [1.54, 1.807) is 12.1 Å². The van der Waals surface area contributed by atoms with Crippen LogP contribution in [0, 0.1) is 5.41 Å². The Morgan fingerprint density at radius 1 is 0.944 bits per heavy atom. The Balaban J connectivity index is 1.89. The smallest absolute Gasteiger partial charge is 0.312 e. The van der Waals surface area contributed by atoms with Crippen molar-refractivity contribution in [2.24, 2.45) is 5.41 Å². The Morgan fingerprint density at radius 3 is 2.00 bits per heavy atom. The number of rotatable bonds is 10. The third-order valence-corrected chi connectivity index (χ3v) is 8.79. The molecule has 1 saturated carbocycles. The second-order valence-corrected chi connectivity index (χ2v) is 12.5. The summed E-state index contributed by atoms with van der Waals surface area (Å²) >= 11 is 0. The molecule has 0 aromatic heterocycles. The minimum Gasteiger partial charge on any atom is -0.508 e. The number of benzene rings is 2. The summed E-state index contributed by atoms with van der Waals surface area (Å²) in [6, 6.07) is 16.6. The lowest BCUT2D eigenvalue weighted by atomic mass is 9.73. The number of aromatic hydroxyl groups is 1. The normalized spacial score (nSPS) is 18.9. The molecular weight excluding hydrogens is 444 g/mol. The molecule has 1 aliphatic carbocycles. The number of hydrogen-bond donors (Lipinski definition) is 1. The van der Waals surface area contributed by atoms with Gasteiger partial charge in [-0.2, -0.15) is 0 Å². The molecule has 0 saturated heterocycles. The van der Waals surface area contributed by atoms with E-state index in [0.29, 0.717) is 11.7 Å². The van der Waals surface area contributed by atoms with Gasteiger partial charge in [0.25, 0.3) is 0 Å². The van der Waals surface area contributed by atoms with Crippen molar-refractivity contribution in [2.45, 2.75) is 123 Å². The number of phenolic OH excluding ortho intramolecular Hbond substituents is 1. The molecule has 3 unspecified atom stereocenters. The Morgan fingerprint density at radius 2 is 1.50 bits per heavy atom. The highest BCUT2D eigenvalue weighted by atomic mass is 16.6. The Labute approximate surface area is 219 Å². The van der Waals surface area contributed by atoms with E-state index in [1.165, 1.54) is 16.7 Å². The molecule has 0 radical (unpaired) electrons. The predicted molar refractivity (Wildman–Crippen MR) is 150 cm³/mol. The third-order valence-electron chi connectivity index (χ3n) is 8.79. The molecule has 2 aromatic carbocycles. The number of esters is 1. The molecule has 3 nitrogen and oxygen atoms in total. The fourth-order valence-electron chi connectivity index (χ4n) is 5.74. The fourth-order valence-corrected chi connectivity index (χ4v) is 5.74. The first-order chi connectivity index (χ1) is 16.9. The van der Waals surface area contributed by atoms with Gasteiger partial charge in [-0.15, -0.1) is 0 Å². The van der Waals surface area contributed by atoms with Crippen LogP contribution in [-0.2, 0) is 14.9 Å². The quantitative estimate of drug-likeness (QED) is 0.336. The maximum atomic E-state index is 13.7. The highest BCUT2D eigenvalue weighted by Gasteiger charge is 2.43. The van der Waals surface area contributed by atoms with Gasteiger partial charge in [-0.25, -0.2) is 0 Å². The molecule has 3 rings (SSSR count). The van der Waals surface area contributed by atoms with Crippen LogP contribution in [0.3, 0.4) is 0 Å². The van der Waals surface area contributed by atoms with Gasteiger partial charge in [0.2, 0.25) is 0 Å². The van der Waals surface area contributed by atoms with Gasteiger partial charge < -0.3 is 9.84 Å². The Bertz CT molecular complexity index is 977. The zero-order chi connectivity index (χ0) is 26.6. The van der Waals surface area contributed by atoms with Crippen LogP contribution in [0.4, 0.5) is 0 Å². The van der Waals surface area contributed by atoms with E-state index in [2.05, 4.69) is 72.7 Å². The van der Waals surface area contributed by atoms with Crippen molar-refractivity contribution in [2.75, 3.05) is 0 Å². The van der Waals surface area contributed by atoms with Crippen LogP contribution in [0.2, 0.25) is 0 Å². The van der Waals surface area contributed by atoms with Crippen molar-refractivity contribution in [1.29, 1.82) is 0 Å². The van der Waals surface area contributed by atoms with Gasteiger partial charge in [-0.1, -0.05) is 77.9 Å². The minimum atomic E-state index is -0.535. The summed E-state index contributed by atoms with van der Waals surface area (Å²) in [6.07, 6.45) is 7.63. The van der Waals surface area contributed by atoms with E-state index in [-0.39, 0.29) is 22.9 Å². The maximum absolute atomic E-state index is 13.7. The lowest BCUT2D eigenvalue weighted by Crippen LogP contribution is -2.39. The summed E-state index contributed by atoms with van der Waals surface area (Å²) in [5.74, 6) is 0.786. The second kappa shape index (κ2) is 11.4. The third kappa shape index (κ3) is 6.72. The molecule has 2 aromatic rings. The van der Waals surface area contributed by atoms with E-state index < -0.39 is 5.41 Å². The van der Waals surface area contributed by atoms with E-state index in [9.17, 15) is 9.90 Å². The first-order valence-corrected chi connectivity index (χ1v) is 14.0. The molecule has 1 N–H and O–H groups in total. The molecule has 0 bridgehead atoms. The molecule has 36 heavy (non-hydrogen) atoms. The van der Waals surface area contributed by atoms with Crippen LogP contribution in [0.5, 0.6) is 5.75 Å². The van der Waals surface area contributed by atoms with E-state index in [4.69, 9.17) is 4.74 Å². The zero-order valence-corrected chi connectivity index (χ0v) is 23.7. The predicted octanol–water partition coefficient (Wildman–Crippen LogP) is 9.04. The van der Waals surface area contributed by atoms with Crippen LogP contribution in [0.25, 0.3) is 0 Å². The van der Waals surface area contributed by atoms with Crippen LogP contribution in [-0.4, -0.2) is 16.7 Å². The molecule has 0 aliphatic heterocycles. The van der Waals surface area contributed by atoms with Crippen LogP contribution < -0.4 is 0 Å². The van der Waals surface area contributed by atoms with Gasteiger partial charge >= 0.3 is 5.97 Å². The SMILES string of the molecule is CCC1(OC(=O)C(C)(CC)CC(CC(C)c2ccc(O)cc2)c2ccc(C(C)(C)C)cc2)CCCC1. The van der Waals surface area contributed by atoms with Crippen molar-refractivity contribution in [3.05, 3.63) is 65.2 Å². The summed E-state index contributed by atoms with van der Waals surface area (Å²) in [5.41, 5.74) is 3.11. The molecule has 0 amide bonds. The largest absolute Gasteiger partial charge is 0.508 e. The van der Waals surface area contributed by atoms with Gasteiger partial charge in [0.15, 0.2) is 0 Å². The molecule has 1 aliphatic rings. The first-order valence-electron chi connectivity index (χ1n) is 14.0. The first kappa shape index (κ1) is 28.3. The molecule has 198 valence electrons. The second-order valence-electron chi connectivity index (χ2n) is 12.5. The average molecular weight is 493 g/mol. The summed E-state index contributed by atoms with van der Waals surface area (Å²) < 4.78 is 6.34. The summed E-state index contributed by atoms with van der Waals surface area (Å²) in [7, 11) is 0. The number of hydrogen-bond acceptors (Lipinski definition) is 3. The van der Waals surface area contributed by atoms with Crippen molar-refractivity contribution in [3.8, 4) is 5.75 Å². The summed E-state index contributed by atoms with van der Waals surface area (Å²) in [5, 5.41) is 9.74. The molecule has 1 fully saturated rings. The van der Waals surface area contributed by atoms with Gasteiger partial charge in [-0.3, -0.25) is 4.79 Å². The maximum Gasteiger partial charge on any atom is 0.312 e. The van der Waals surface area contributed by atoms with Gasteiger partial charge in [0.1, 0.15) is 11.4 Å². The summed E-state index contributed by atoms with van der Waals surface area (Å²) in [6.45, 7) is 15.3. The molecule has 0 spiro atoms. The fraction of sp³-hybridized carbons (Fsp3) is 0.606. The Hall–Kier alpha value is -2.29. The summed E-state index contributed by atoms with van der Waals surface area (Å²) in [4.78, 5) is 13.7. The van der Waals surface area contributed by atoms with Crippen molar-refractivity contribution >= 4 is 5.97 Å². The van der Waals surface area contributed by atoms with Gasteiger partial charge in [0, 0.05) is 0 Å². The van der Waals surface area contributed by atoms with E-state index >= 15 is 0 Å². The zero-order valence-electron chi connectivity index (χ0n) is 23.7. The molecule has 0 heterocycles. The van der Waals surface area contributed by atoms with Crippen LogP contribution in [0.15, 0.2) is 48.5 Å². The van der Waals surface area contributed by atoms with Crippen LogP contribution >= 0.6 is 0 Å². The monoisotopic (exact) mass is 492 g/mol. The topological polar surface area (TPSA) is 46.5 Å². The van der Waals surface area contributed by atoms with E-state index in [1.807, 2.05) is 12.1 Å². The van der Waals surface area contributed by atoms with Gasteiger partial charge in [-0.05, 0) is 104 Å². The molecule has 3 atom stereocenters. The number of carbonyl (C=O) groups is 1. The number of ether oxygens (including phenoxy) is 1. The highest BCUT2D eigenvalue weighted by molar-refractivity contribution is 5.77. The number of carbonyl (C=O) groups excluding carboxylic acids is 1. The Kier molecular flexibility index (Phi) is 8.96. The minimum absolute atomic E-state index is 0.0256. The lowest BCUT2D eigenvalue weighted by molar-refractivity contribution is -0.172.